The molecule has 3 atom stereocenters. The van der Waals surface area contributed by atoms with Crippen LogP contribution >= 0.6 is 15.9 Å². The zero-order valence-electron chi connectivity index (χ0n) is 11.9. The third-order valence-corrected chi connectivity index (χ3v) is 3.90. The van der Waals surface area contributed by atoms with E-state index in [0.717, 1.165) is 16.6 Å². The summed E-state index contributed by atoms with van der Waals surface area (Å²) in [6.45, 7) is 7.39. The summed E-state index contributed by atoms with van der Waals surface area (Å²) in [6, 6.07) is 8.04. The maximum Gasteiger partial charge on any atom is 0.120 e. The second-order valence-corrected chi connectivity index (χ2v) is 5.92. The first-order valence-corrected chi connectivity index (χ1v) is 7.62. The van der Waals surface area contributed by atoms with E-state index in [1.807, 2.05) is 24.3 Å². The number of halogens is 1. The molecule has 0 aromatic heterocycles. The maximum atomic E-state index is 9.88. The average molecular weight is 330 g/mol. The monoisotopic (exact) mass is 329 g/mol. The summed E-state index contributed by atoms with van der Waals surface area (Å²) >= 11 is 3.39. The van der Waals surface area contributed by atoms with Gasteiger partial charge in [-0.15, -0.1) is 0 Å². The van der Waals surface area contributed by atoms with Gasteiger partial charge in [0.25, 0.3) is 0 Å². The Morgan fingerprint density at radius 2 is 2.11 bits per heavy atom. The van der Waals surface area contributed by atoms with Crippen LogP contribution in [-0.2, 0) is 0 Å². The third kappa shape index (κ3) is 6.41. The van der Waals surface area contributed by atoms with Crippen LogP contribution in [0.2, 0.25) is 0 Å². The second kappa shape index (κ2) is 8.56. The highest BCUT2D eigenvalue weighted by molar-refractivity contribution is 9.10. The van der Waals surface area contributed by atoms with E-state index in [2.05, 4.69) is 42.0 Å². The Bertz CT molecular complexity index is 373. The quantitative estimate of drug-likeness (QED) is 0.769. The first kappa shape index (κ1) is 16.5. The highest BCUT2D eigenvalue weighted by Crippen LogP contribution is 2.17. The molecule has 0 bridgehead atoms. The van der Waals surface area contributed by atoms with Crippen LogP contribution < -0.4 is 10.1 Å². The number of aliphatic hydroxyl groups excluding tert-OH is 1. The molecule has 19 heavy (non-hydrogen) atoms. The van der Waals surface area contributed by atoms with E-state index >= 15 is 0 Å². The number of hydrogen-bond donors (Lipinski definition) is 2. The van der Waals surface area contributed by atoms with E-state index in [1.165, 1.54) is 0 Å². The van der Waals surface area contributed by atoms with Crippen molar-refractivity contribution in [3.05, 3.63) is 28.7 Å². The minimum absolute atomic E-state index is 0.302. The molecule has 0 spiro atoms. The van der Waals surface area contributed by atoms with Crippen molar-refractivity contribution in [1.82, 2.24) is 5.32 Å². The number of ether oxygens (including phenoxy) is 1. The molecule has 0 heterocycles. The minimum Gasteiger partial charge on any atom is -0.491 e. The predicted octanol–water partition coefficient (Wildman–Crippen LogP) is 3.21. The van der Waals surface area contributed by atoms with Gasteiger partial charge in [-0.2, -0.15) is 0 Å². The van der Waals surface area contributed by atoms with E-state index in [0.29, 0.717) is 25.1 Å². The fourth-order valence-electron chi connectivity index (χ4n) is 1.68. The minimum atomic E-state index is -0.495. The first-order chi connectivity index (χ1) is 9.02. The predicted molar refractivity (Wildman–Crippen MR) is 82.6 cm³/mol. The van der Waals surface area contributed by atoms with Crippen LogP contribution in [0.3, 0.4) is 0 Å². The van der Waals surface area contributed by atoms with Gasteiger partial charge < -0.3 is 15.2 Å². The van der Waals surface area contributed by atoms with Gasteiger partial charge in [0.2, 0.25) is 0 Å². The van der Waals surface area contributed by atoms with Crippen LogP contribution in [0.4, 0.5) is 0 Å². The topological polar surface area (TPSA) is 41.5 Å². The molecular formula is C15H24BrNO2. The van der Waals surface area contributed by atoms with Crippen molar-refractivity contribution >= 4 is 15.9 Å². The van der Waals surface area contributed by atoms with E-state index in [-0.39, 0.29) is 0 Å². The van der Waals surface area contributed by atoms with Gasteiger partial charge in [0, 0.05) is 17.1 Å². The molecule has 1 rings (SSSR count). The molecule has 2 N–H and O–H groups in total. The van der Waals surface area contributed by atoms with Crippen LogP contribution in [0.25, 0.3) is 0 Å². The zero-order valence-corrected chi connectivity index (χ0v) is 13.5. The van der Waals surface area contributed by atoms with Gasteiger partial charge in [0.1, 0.15) is 18.5 Å². The molecule has 3 nitrogen and oxygen atoms in total. The Morgan fingerprint density at radius 3 is 2.74 bits per heavy atom. The summed E-state index contributed by atoms with van der Waals surface area (Å²) in [6.07, 6.45) is 0.643. The van der Waals surface area contributed by atoms with Crippen molar-refractivity contribution in [3.63, 3.8) is 0 Å². The molecule has 1 aromatic rings. The molecular weight excluding hydrogens is 306 g/mol. The molecule has 0 amide bonds. The van der Waals surface area contributed by atoms with Gasteiger partial charge >= 0.3 is 0 Å². The Labute approximate surface area is 124 Å². The van der Waals surface area contributed by atoms with Gasteiger partial charge in [0.15, 0.2) is 0 Å². The normalized spacial score (nSPS) is 15.8. The Morgan fingerprint density at radius 1 is 1.37 bits per heavy atom. The summed E-state index contributed by atoms with van der Waals surface area (Å²) in [4.78, 5) is 0. The molecule has 0 radical (unpaired) electrons. The summed E-state index contributed by atoms with van der Waals surface area (Å²) in [5, 5.41) is 13.2. The molecule has 0 aliphatic heterocycles. The zero-order chi connectivity index (χ0) is 14.3. The molecule has 4 heteroatoms. The molecule has 0 aliphatic carbocycles. The molecule has 1 aromatic carbocycles. The van der Waals surface area contributed by atoms with Gasteiger partial charge in [0.05, 0.1) is 0 Å². The Balaban J connectivity index is 2.26. The molecule has 3 unspecified atom stereocenters. The number of benzene rings is 1. The van der Waals surface area contributed by atoms with Gasteiger partial charge in [-0.25, -0.2) is 0 Å². The van der Waals surface area contributed by atoms with Gasteiger partial charge in [-0.3, -0.25) is 0 Å². The third-order valence-electron chi connectivity index (χ3n) is 3.41. The lowest BCUT2D eigenvalue weighted by Crippen LogP contribution is -2.39. The van der Waals surface area contributed by atoms with E-state index < -0.39 is 6.10 Å². The lowest BCUT2D eigenvalue weighted by molar-refractivity contribution is 0.102. The summed E-state index contributed by atoms with van der Waals surface area (Å²) in [5.74, 6) is 1.38. The fourth-order valence-corrected chi connectivity index (χ4v) is 2.06. The van der Waals surface area contributed by atoms with E-state index in [9.17, 15) is 5.11 Å². The van der Waals surface area contributed by atoms with Crippen LogP contribution in [0.15, 0.2) is 28.7 Å². The van der Waals surface area contributed by atoms with Crippen LogP contribution in [0.1, 0.15) is 27.2 Å². The standard InChI is InChI=1S/C15H24BrNO2/c1-4-11(2)12(3)17-9-14(18)10-19-15-7-5-6-13(16)8-15/h5-8,11-12,14,17-18H,4,9-10H2,1-3H3. The first-order valence-electron chi connectivity index (χ1n) is 6.82. The fraction of sp³-hybridized carbons (Fsp3) is 0.600. The summed E-state index contributed by atoms with van der Waals surface area (Å²) in [5.41, 5.74) is 0. The number of aliphatic hydroxyl groups is 1. The molecule has 0 fully saturated rings. The number of rotatable bonds is 8. The van der Waals surface area contributed by atoms with Crippen molar-refractivity contribution in [2.45, 2.75) is 39.3 Å². The average Bonchev–Trinajstić information content (AvgIpc) is 2.41. The molecule has 108 valence electrons. The van der Waals surface area contributed by atoms with E-state index in [1.54, 1.807) is 0 Å². The molecule has 0 aliphatic rings. The molecule has 0 saturated carbocycles. The highest BCUT2D eigenvalue weighted by atomic mass is 79.9. The Kier molecular flexibility index (Phi) is 7.42. The lowest BCUT2D eigenvalue weighted by Gasteiger charge is -2.22. The van der Waals surface area contributed by atoms with Crippen LogP contribution in [0.5, 0.6) is 5.75 Å². The summed E-state index contributed by atoms with van der Waals surface area (Å²) in [7, 11) is 0. The molecule has 0 saturated heterocycles. The number of nitrogens with one attached hydrogen (secondary N) is 1. The van der Waals surface area contributed by atoms with Crippen molar-refractivity contribution in [3.8, 4) is 5.75 Å². The van der Waals surface area contributed by atoms with Crippen molar-refractivity contribution < 1.29 is 9.84 Å². The van der Waals surface area contributed by atoms with Crippen LogP contribution in [0, 0.1) is 5.92 Å². The largest absolute Gasteiger partial charge is 0.491 e. The van der Waals surface area contributed by atoms with Crippen molar-refractivity contribution in [2.24, 2.45) is 5.92 Å². The van der Waals surface area contributed by atoms with Gasteiger partial charge in [-0.05, 0) is 31.0 Å². The maximum absolute atomic E-state index is 9.88. The second-order valence-electron chi connectivity index (χ2n) is 5.00. The summed E-state index contributed by atoms with van der Waals surface area (Å²) < 4.78 is 6.52. The van der Waals surface area contributed by atoms with Crippen molar-refractivity contribution in [2.75, 3.05) is 13.2 Å². The SMILES string of the molecule is CCC(C)C(C)NCC(O)COc1cccc(Br)c1. The van der Waals surface area contributed by atoms with E-state index in [4.69, 9.17) is 4.74 Å². The van der Waals surface area contributed by atoms with Gasteiger partial charge in [-0.1, -0.05) is 42.3 Å². The smallest absolute Gasteiger partial charge is 0.120 e. The Hall–Kier alpha value is -0.580. The lowest BCUT2D eigenvalue weighted by atomic mass is 10.0. The highest BCUT2D eigenvalue weighted by Gasteiger charge is 2.12. The van der Waals surface area contributed by atoms with Crippen LogP contribution in [-0.4, -0.2) is 30.4 Å². The van der Waals surface area contributed by atoms with Crippen molar-refractivity contribution in [1.29, 1.82) is 0 Å². The number of hydrogen-bond acceptors (Lipinski definition) is 3.